The largest absolute Gasteiger partial charge is 0.399 e. The van der Waals surface area contributed by atoms with E-state index in [1.807, 2.05) is 12.1 Å². The zero-order valence-corrected chi connectivity index (χ0v) is 10.2. The maximum absolute atomic E-state index is 5.78. The predicted octanol–water partition coefficient (Wildman–Crippen LogP) is 3.43. The van der Waals surface area contributed by atoms with Crippen molar-refractivity contribution in [2.45, 2.75) is 34.1 Å². The van der Waals surface area contributed by atoms with Gasteiger partial charge < -0.3 is 11.1 Å². The molecular formula is C13H22N2. The first-order chi connectivity index (χ1) is 6.87. The highest BCUT2D eigenvalue weighted by Crippen LogP contribution is 2.20. The zero-order valence-electron chi connectivity index (χ0n) is 10.2. The molecule has 1 aromatic rings. The van der Waals surface area contributed by atoms with E-state index in [1.54, 1.807) is 0 Å². The Morgan fingerprint density at radius 3 is 2.40 bits per heavy atom. The van der Waals surface area contributed by atoms with E-state index in [0.29, 0.717) is 5.41 Å². The van der Waals surface area contributed by atoms with Gasteiger partial charge in [-0.2, -0.15) is 0 Å². The van der Waals surface area contributed by atoms with Crippen molar-refractivity contribution in [3.63, 3.8) is 0 Å². The number of aryl methyl sites for hydroxylation is 1. The van der Waals surface area contributed by atoms with Crippen LogP contribution in [-0.4, -0.2) is 6.54 Å². The van der Waals surface area contributed by atoms with E-state index in [9.17, 15) is 0 Å². The first-order valence-electron chi connectivity index (χ1n) is 5.48. The standard InChI is InChI=1S/C13H22N2/c1-10-7-11(14)9-12(8-10)15-6-5-13(2,3)4/h7-9,15H,5-6,14H2,1-4H3. The van der Waals surface area contributed by atoms with E-state index < -0.39 is 0 Å². The fourth-order valence-electron chi connectivity index (χ4n) is 1.50. The quantitative estimate of drug-likeness (QED) is 0.744. The first-order valence-corrected chi connectivity index (χ1v) is 5.48. The second-order valence-corrected chi connectivity index (χ2v) is 5.37. The molecule has 84 valence electrons. The van der Waals surface area contributed by atoms with Gasteiger partial charge in [0.15, 0.2) is 0 Å². The van der Waals surface area contributed by atoms with E-state index in [1.165, 1.54) is 5.56 Å². The van der Waals surface area contributed by atoms with Gasteiger partial charge in [-0.05, 0) is 42.5 Å². The molecule has 15 heavy (non-hydrogen) atoms. The zero-order chi connectivity index (χ0) is 11.5. The van der Waals surface area contributed by atoms with E-state index in [4.69, 9.17) is 5.73 Å². The second kappa shape index (κ2) is 4.56. The smallest absolute Gasteiger partial charge is 0.0363 e. The van der Waals surface area contributed by atoms with Crippen molar-refractivity contribution < 1.29 is 0 Å². The minimum atomic E-state index is 0.377. The summed E-state index contributed by atoms with van der Waals surface area (Å²) in [5, 5.41) is 3.40. The third-order valence-corrected chi connectivity index (χ3v) is 2.30. The molecule has 0 aromatic heterocycles. The predicted molar refractivity (Wildman–Crippen MR) is 68.2 cm³/mol. The summed E-state index contributed by atoms with van der Waals surface area (Å²) in [4.78, 5) is 0. The maximum Gasteiger partial charge on any atom is 0.0363 e. The topological polar surface area (TPSA) is 38.0 Å². The lowest BCUT2D eigenvalue weighted by Crippen LogP contribution is -2.12. The van der Waals surface area contributed by atoms with Crippen LogP contribution in [0.25, 0.3) is 0 Å². The number of hydrogen-bond acceptors (Lipinski definition) is 2. The molecule has 2 heteroatoms. The van der Waals surface area contributed by atoms with Gasteiger partial charge in [0.1, 0.15) is 0 Å². The molecule has 0 fully saturated rings. The van der Waals surface area contributed by atoms with Crippen LogP contribution in [0.2, 0.25) is 0 Å². The van der Waals surface area contributed by atoms with Crippen molar-refractivity contribution in [1.82, 2.24) is 0 Å². The molecule has 2 nitrogen and oxygen atoms in total. The SMILES string of the molecule is Cc1cc(N)cc(NCCC(C)(C)C)c1. The molecule has 1 rings (SSSR count). The molecule has 0 saturated carbocycles. The van der Waals surface area contributed by atoms with Crippen LogP contribution in [0.5, 0.6) is 0 Å². The van der Waals surface area contributed by atoms with Crippen LogP contribution in [0.3, 0.4) is 0 Å². The molecule has 3 N–H and O–H groups in total. The number of rotatable bonds is 3. The van der Waals surface area contributed by atoms with Crippen LogP contribution < -0.4 is 11.1 Å². The Bertz CT molecular complexity index is 304. The summed E-state index contributed by atoms with van der Waals surface area (Å²) in [6.07, 6.45) is 1.15. The van der Waals surface area contributed by atoms with Crippen molar-refractivity contribution in [2.75, 3.05) is 17.6 Å². The lowest BCUT2D eigenvalue weighted by Gasteiger charge is -2.18. The van der Waals surface area contributed by atoms with Gasteiger partial charge in [0.2, 0.25) is 0 Å². The number of nitrogens with two attached hydrogens (primary N) is 1. The van der Waals surface area contributed by atoms with E-state index in [-0.39, 0.29) is 0 Å². The Kier molecular flexibility index (Phi) is 3.61. The summed E-state index contributed by atoms with van der Waals surface area (Å²) in [5.74, 6) is 0. The Morgan fingerprint density at radius 2 is 1.87 bits per heavy atom. The average Bonchev–Trinajstić information content (AvgIpc) is 1.99. The van der Waals surface area contributed by atoms with Crippen LogP contribution in [-0.2, 0) is 0 Å². The van der Waals surface area contributed by atoms with Crippen molar-refractivity contribution in [2.24, 2.45) is 5.41 Å². The Balaban J connectivity index is 2.51. The van der Waals surface area contributed by atoms with E-state index in [2.05, 4.69) is 39.1 Å². The Hall–Kier alpha value is -1.18. The van der Waals surface area contributed by atoms with Gasteiger partial charge >= 0.3 is 0 Å². The van der Waals surface area contributed by atoms with Crippen LogP contribution in [0.1, 0.15) is 32.8 Å². The van der Waals surface area contributed by atoms with Crippen LogP contribution >= 0.6 is 0 Å². The van der Waals surface area contributed by atoms with Gasteiger partial charge in [0.25, 0.3) is 0 Å². The number of benzene rings is 1. The van der Waals surface area contributed by atoms with Crippen LogP contribution in [0.15, 0.2) is 18.2 Å². The van der Waals surface area contributed by atoms with Gasteiger partial charge in [-0.15, -0.1) is 0 Å². The molecule has 0 bridgehead atoms. The second-order valence-electron chi connectivity index (χ2n) is 5.37. The molecular weight excluding hydrogens is 184 g/mol. The molecule has 0 unspecified atom stereocenters. The number of nitrogen functional groups attached to an aromatic ring is 1. The minimum absolute atomic E-state index is 0.377. The maximum atomic E-state index is 5.78. The highest BCUT2D eigenvalue weighted by atomic mass is 14.9. The lowest BCUT2D eigenvalue weighted by atomic mass is 9.92. The monoisotopic (exact) mass is 206 g/mol. The molecule has 0 aliphatic heterocycles. The number of hydrogen-bond donors (Lipinski definition) is 2. The third-order valence-electron chi connectivity index (χ3n) is 2.30. The molecule has 1 aromatic carbocycles. The first kappa shape index (κ1) is 11.9. The number of nitrogens with one attached hydrogen (secondary N) is 1. The lowest BCUT2D eigenvalue weighted by molar-refractivity contribution is 0.390. The Morgan fingerprint density at radius 1 is 1.20 bits per heavy atom. The number of anilines is 2. The van der Waals surface area contributed by atoms with Gasteiger partial charge in [-0.25, -0.2) is 0 Å². The molecule has 0 heterocycles. The molecule has 0 aliphatic rings. The van der Waals surface area contributed by atoms with Gasteiger partial charge in [0.05, 0.1) is 0 Å². The van der Waals surface area contributed by atoms with E-state index in [0.717, 1.165) is 24.3 Å². The fourth-order valence-corrected chi connectivity index (χ4v) is 1.50. The summed E-state index contributed by atoms with van der Waals surface area (Å²) in [6, 6.07) is 6.09. The minimum Gasteiger partial charge on any atom is -0.399 e. The van der Waals surface area contributed by atoms with E-state index >= 15 is 0 Å². The van der Waals surface area contributed by atoms with Crippen molar-refractivity contribution >= 4 is 11.4 Å². The molecule has 0 radical (unpaired) electrons. The molecule has 0 aliphatic carbocycles. The average molecular weight is 206 g/mol. The molecule has 0 atom stereocenters. The van der Waals surface area contributed by atoms with Crippen molar-refractivity contribution in [1.29, 1.82) is 0 Å². The Labute approximate surface area is 92.9 Å². The van der Waals surface area contributed by atoms with Gasteiger partial charge in [0, 0.05) is 17.9 Å². The summed E-state index contributed by atoms with van der Waals surface area (Å²) < 4.78 is 0. The summed E-state index contributed by atoms with van der Waals surface area (Å²) in [6.45, 7) is 9.80. The molecule has 0 spiro atoms. The van der Waals surface area contributed by atoms with Gasteiger partial charge in [-0.3, -0.25) is 0 Å². The fraction of sp³-hybridized carbons (Fsp3) is 0.538. The van der Waals surface area contributed by atoms with Crippen molar-refractivity contribution in [3.8, 4) is 0 Å². The van der Waals surface area contributed by atoms with Crippen LogP contribution in [0.4, 0.5) is 11.4 Å². The highest BCUT2D eigenvalue weighted by molar-refractivity contribution is 5.56. The molecule has 0 amide bonds. The summed E-state index contributed by atoms with van der Waals surface area (Å²) in [7, 11) is 0. The summed E-state index contributed by atoms with van der Waals surface area (Å²) >= 11 is 0. The van der Waals surface area contributed by atoms with Crippen molar-refractivity contribution in [3.05, 3.63) is 23.8 Å². The van der Waals surface area contributed by atoms with Crippen LogP contribution in [0, 0.1) is 12.3 Å². The molecule has 0 saturated heterocycles. The normalized spacial score (nSPS) is 11.5. The third kappa shape index (κ3) is 4.73. The highest BCUT2D eigenvalue weighted by Gasteiger charge is 2.08. The van der Waals surface area contributed by atoms with Gasteiger partial charge in [-0.1, -0.05) is 20.8 Å². The summed E-state index contributed by atoms with van der Waals surface area (Å²) in [5.41, 5.74) is 9.31.